The number of nitrogens with one attached hydrogen (secondary N) is 2. The fourth-order valence-corrected chi connectivity index (χ4v) is 5.50. The fourth-order valence-electron chi connectivity index (χ4n) is 4.24. The van der Waals surface area contributed by atoms with Crippen LogP contribution >= 0.6 is 0 Å². The minimum Gasteiger partial charge on any atom is -0.322 e. The molecule has 38 heavy (non-hydrogen) atoms. The Hall–Kier alpha value is -3.82. The van der Waals surface area contributed by atoms with Crippen LogP contribution in [0.25, 0.3) is 0 Å². The Labute approximate surface area is 223 Å². The molecule has 0 atom stereocenters. The molecule has 0 saturated heterocycles. The number of sulfone groups is 1. The highest BCUT2D eigenvalue weighted by Crippen LogP contribution is 2.30. The quantitative estimate of drug-likeness (QED) is 0.447. The maximum absolute atomic E-state index is 13.1. The van der Waals surface area contributed by atoms with Gasteiger partial charge in [0.2, 0.25) is 9.84 Å². The molecule has 0 radical (unpaired) electrons. The van der Waals surface area contributed by atoms with E-state index in [9.17, 15) is 22.8 Å². The lowest BCUT2D eigenvalue weighted by Crippen LogP contribution is -2.45. The first-order chi connectivity index (χ1) is 17.7. The number of hydrogen-bond acceptors (Lipinski definition) is 6. The molecular formula is C29H31N3O5S. The molecule has 0 saturated carbocycles. The van der Waals surface area contributed by atoms with Crippen molar-refractivity contribution >= 4 is 33.2 Å². The summed E-state index contributed by atoms with van der Waals surface area (Å²) >= 11 is 0. The number of anilines is 1. The number of carbonyl (C=O) groups excluding carboxylic acids is 3. The van der Waals surface area contributed by atoms with Gasteiger partial charge in [0, 0.05) is 22.3 Å². The van der Waals surface area contributed by atoms with Crippen molar-refractivity contribution in [3.63, 3.8) is 0 Å². The van der Waals surface area contributed by atoms with Crippen molar-refractivity contribution in [2.24, 2.45) is 0 Å². The number of nitrogens with zero attached hydrogens (tertiary/aromatic N) is 1. The summed E-state index contributed by atoms with van der Waals surface area (Å²) in [5.74, 6) is -1.31. The van der Waals surface area contributed by atoms with E-state index in [-0.39, 0.29) is 37.9 Å². The first-order valence-electron chi connectivity index (χ1n) is 12.2. The normalized spacial score (nSPS) is 14.0. The first kappa shape index (κ1) is 27.2. The molecule has 0 unspecified atom stereocenters. The molecule has 2 N–H and O–H groups in total. The first-order valence-corrected chi connectivity index (χ1v) is 13.6. The van der Waals surface area contributed by atoms with E-state index in [0.29, 0.717) is 5.69 Å². The van der Waals surface area contributed by atoms with Gasteiger partial charge in [-0.25, -0.2) is 8.42 Å². The third kappa shape index (κ3) is 4.87. The molecule has 0 aromatic heterocycles. The van der Waals surface area contributed by atoms with Gasteiger partial charge in [0.15, 0.2) is 0 Å². The summed E-state index contributed by atoms with van der Waals surface area (Å²) in [7, 11) is -1.90. The Morgan fingerprint density at radius 1 is 0.763 bits per heavy atom. The Kier molecular flexibility index (Phi) is 6.80. The summed E-state index contributed by atoms with van der Waals surface area (Å²) in [6.07, 6.45) is 0. The topological polar surface area (TPSA) is 113 Å². The average Bonchev–Trinajstić information content (AvgIpc) is 3.13. The van der Waals surface area contributed by atoms with E-state index in [0.717, 1.165) is 5.56 Å². The number of benzene rings is 3. The number of carbonyl (C=O) groups is 3. The van der Waals surface area contributed by atoms with Crippen LogP contribution in [-0.2, 0) is 15.4 Å². The smallest absolute Gasteiger partial charge is 0.262 e. The highest BCUT2D eigenvalue weighted by molar-refractivity contribution is 7.91. The molecule has 3 aromatic rings. The molecule has 8 nitrogen and oxygen atoms in total. The minimum absolute atomic E-state index is 0.0973. The van der Waals surface area contributed by atoms with Gasteiger partial charge in [0.25, 0.3) is 17.7 Å². The number of fused-ring (bicyclic) bond motifs is 1. The van der Waals surface area contributed by atoms with Crippen molar-refractivity contribution in [3.8, 4) is 0 Å². The molecule has 1 aliphatic heterocycles. The van der Waals surface area contributed by atoms with Crippen molar-refractivity contribution < 1.29 is 22.8 Å². The van der Waals surface area contributed by atoms with Crippen LogP contribution in [0.4, 0.5) is 5.69 Å². The molecule has 0 aliphatic carbocycles. The zero-order valence-corrected chi connectivity index (χ0v) is 23.1. The van der Waals surface area contributed by atoms with Crippen LogP contribution in [-0.4, -0.2) is 43.6 Å². The summed E-state index contributed by atoms with van der Waals surface area (Å²) in [5.41, 5.74) is 1.02. The van der Waals surface area contributed by atoms with Crippen LogP contribution in [0.2, 0.25) is 0 Å². The lowest BCUT2D eigenvalue weighted by molar-refractivity contribution is 0.0507. The summed E-state index contributed by atoms with van der Waals surface area (Å²) in [4.78, 5) is 39.8. The number of imide groups is 1. The van der Waals surface area contributed by atoms with Crippen LogP contribution in [0.5, 0.6) is 0 Å². The molecule has 4 rings (SSSR count). The van der Waals surface area contributed by atoms with Gasteiger partial charge in [-0.2, -0.15) is 0 Å². The number of rotatable bonds is 6. The molecule has 9 heteroatoms. The third-order valence-electron chi connectivity index (χ3n) is 6.75. The van der Waals surface area contributed by atoms with Crippen molar-refractivity contribution in [2.75, 3.05) is 12.4 Å². The summed E-state index contributed by atoms with van der Waals surface area (Å²) < 4.78 is 26.2. The van der Waals surface area contributed by atoms with Crippen LogP contribution in [0.1, 0.15) is 71.3 Å². The molecule has 0 spiro atoms. The van der Waals surface area contributed by atoms with Crippen molar-refractivity contribution in [2.45, 2.75) is 55.5 Å². The molecule has 1 heterocycles. The van der Waals surface area contributed by atoms with E-state index in [2.05, 4.69) is 10.6 Å². The van der Waals surface area contributed by atoms with Crippen LogP contribution in [0.15, 0.2) is 76.5 Å². The lowest BCUT2D eigenvalue weighted by atomic mass is 9.95. The highest BCUT2D eigenvalue weighted by atomic mass is 32.2. The SMILES string of the molecule is CNC(C)(C)c1ccc(S(=O)(=O)c2ccc(NC(=O)c3ccc4c(c3)C(=O)N(C(C)(C)C)C4=O)cc2)cc1. The largest absolute Gasteiger partial charge is 0.322 e. The highest BCUT2D eigenvalue weighted by Gasteiger charge is 2.42. The van der Waals surface area contributed by atoms with E-state index < -0.39 is 27.2 Å². The van der Waals surface area contributed by atoms with Gasteiger partial charge < -0.3 is 10.6 Å². The number of amides is 3. The predicted molar refractivity (Wildman–Crippen MR) is 145 cm³/mol. The third-order valence-corrected chi connectivity index (χ3v) is 8.54. The number of hydrogen-bond donors (Lipinski definition) is 2. The van der Waals surface area contributed by atoms with Crippen LogP contribution in [0.3, 0.4) is 0 Å². The van der Waals surface area contributed by atoms with E-state index in [1.807, 2.05) is 20.9 Å². The summed E-state index contributed by atoms with van der Waals surface area (Å²) in [6, 6.07) is 17.0. The van der Waals surface area contributed by atoms with E-state index >= 15 is 0 Å². The zero-order chi connectivity index (χ0) is 28.0. The second-order valence-electron chi connectivity index (χ2n) is 10.8. The minimum atomic E-state index is -3.75. The van der Waals surface area contributed by atoms with Gasteiger partial charge in [-0.05, 0) is 102 Å². The standard InChI is InChI=1S/C29H31N3O5S/c1-28(2,3)32-26(34)23-16-7-18(17-24(23)27(32)35)25(33)31-20-10-14-22(15-11-20)38(36,37)21-12-8-19(9-13-21)29(4,5)30-6/h7-17,30H,1-6H3,(H,31,33). The fraction of sp³-hybridized carbons (Fsp3) is 0.276. The van der Waals surface area contributed by atoms with Gasteiger partial charge in [-0.1, -0.05) is 12.1 Å². The van der Waals surface area contributed by atoms with E-state index in [1.54, 1.807) is 45.0 Å². The molecule has 0 fully saturated rings. The monoisotopic (exact) mass is 533 g/mol. The second kappa shape index (κ2) is 9.49. The molecule has 3 aromatic carbocycles. The molecule has 0 bridgehead atoms. The van der Waals surface area contributed by atoms with Crippen LogP contribution in [0, 0.1) is 0 Å². The van der Waals surface area contributed by atoms with Gasteiger partial charge in [-0.3, -0.25) is 19.3 Å². The molecule has 3 amide bonds. The van der Waals surface area contributed by atoms with Gasteiger partial charge >= 0.3 is 0 Å². The molecular weight excluding hydrogens is 502 g/mol. The summed E-state index contributed by atoms with van der Waals surface area (Å²) in [6.45, 7) is 9.32. The Balaban J connectivity index is 1.51. The van der Waals surface area contributed by atoms with E-state index in [1.165, 1.54) is 47.4 Å². The van der Waals surface area contributed by atoms with Crippen molar-refractivity contribution in [3.05, 3.63) is 89.0 Å². The van der Waals surface area contributed by atoms with Crippen molar-refractivity contribution in [1.82, 2.24) is 10.2 Å². The van der Waals surface area contributed by atoms with Crippen molar-refractivity contribution in [1.29, 1.82) is 0 Å². The van der Waals surface area contributed by atoms with Crippen LogP contribution < -0.4 is 10.6 Å². The summed E-state index contributed by atoms with van der Waals surface area (Å²) in [5, 5.41) is 5.90. The molecule has 1 aliphatic rings. The maximum Gasteiger partial charge on any atom is 0.262 e. The predicted octanol–water partition coefficient (Wildman–Crippen LogP) is 4.62. The van der Waals surface area contributed by atoms with Gasteiger partial charge in [0.05, 0.1) is 20.9 Å². The Morgan fingerprint density at radius 3 is 1.82 bits per heavy atom. The van der Waals surface area contributed by atoms with E-state index in [4.69, 9.17) is 0 Å². The average molecular weight is 534 g/mol. The molecule has 198 valence electrons. The Bertz CT molecular complexity index is 1530. The van der Waals surface area contributed by atoms with Gasteiger partial charge in [0.1, 0.15) is 0 Å². The zero-order valence-electron chi connectivity index (χ0n) is 22.2. The van der Waals surface area contributed by atoms with Gasteiger partial charge in [-0.15, -0.1) is 0 Å². The maximum atomic E-state index is 13.1. The Morgan fingerprint density at radius 2 is 1.29 bits per heavy atom. The second-order valence-corrected chi connectivity index (χ2v) is 12.7. The lowest BCUT2D eigenvalue weighted by Gasteiger charge is -2.29.